The second-order valence-electron chi connectivity index (χ2n) is 7.03. The van der Waals surface area contributed by atoms with Crippen molar-refractivity contribution in [1.29, 1.82) is 0 Å². The standard InChI is InChI=1S/C21H23Cl2N5O5/c1-6-33-21(30)15-14(11-8-7-9-12(22)16(11)23)13(20(29)32-5)10(2)24-17(15)18(31-4)19-25-27-28(3)26-19/h7-9,14,18,24H,6H2,1-5H3. The van der Waals surface area contributed by atoms with Crippen LogP contribution in [0.15, 0.2) is 40.7 Å². The lowest BCUT2D eigenvalue weighted by molar-refractivity contribution is -0.139. The monoisotopic (exact) mass is 495 g/mol. The Kier molecular flexibility index (Phi) is 7.72. The molecule has 2 heterocycles. The molecule has 2 unspecified atom stereocenters. The maximum atomic E-state index is 13.3. The first-order valence-electron chi connectivity index (χ1n) is 9.92. The Balaban J connectivity index is 2.36. The summed E-state index contributed by atoms with van der Waals surface area (Å²) in [5.74, 6) is -2.09. The van der Waals surface area contributed by atoms with Crippen LogP contribution in [0.5, 0.6) is 0 Å². The van der Waals surface area contributed by atoms with Crippen molar-refractivity contribution in [3.05, 3.63) is 62.2 Å². The van der Waals surface area contributed by atoms with Crippen LogP contribution in [0.2, 0.25) is 10.0 Å². The van der Waals surface area contributed by atoms with Gasteiger partial charge in [-0.05, 0) is 30.7 Å². The molecule has 1 aliphatic rings. The van der Waals surface area contributed by atoms with Gasteiger partial charge in [-0.25, -0.2) is 9.59 Å². The van der Waals surface area contributed by atoms with E-state index in [0.29, 0.717) is 11.3 Å². The summed E-state index contributed by atoms with van der Waals surface area (Å²) in [4.78, 5) is 27.4. The van der Waals surface area contributed by atoms with E-state index in [2.05, 4.69) is 20.7 Å². The Morgan fingerprint density at radius 2 is 1.94 bits per heavy atom. The molecule has 0 bridgehead atoms. The van der Waals surface area contributed by atoms with Crippen molar-refractivity contribution in [3.8, 4) is 0 Å². The van der Waals surface area contributed by atoms with Crippen LogP contribution in [-0.4, -0.2) is 53.0 Å². The third-order valence-corrected chi connectivity index (χ3v) is 5.88. The van der Waals surface area contributed by atoms with Crippen LogP contribution in [0.25, 0.3) is 0 Å². The van der Waals surface area contributed by atoms with Gasteiger partial charge in [0, 0.05) is 12.8 Å². The first-order chi connectivity index (χ1) is 15.7. The van der Waals surface area contributed by atoms with E-state index in [-0.39, 0.29) is 39.3 Å². The molecule has 0 amide bonds. The average Bonchev–Trinajstić information content (AvgIpc) is 3.21. The van der Waals surface area contributed by atoms with Gasteiger partial charge in [-0.3, -0.25) is 0 Å². The van der Waals surface area contributed by atoms with E-state index in [4.69, 9.17) is 37.4 Å². The zero-order valence-electron chi connectivity index (χ0n) is 18.7. The maximum absolute atomic E-state index is 13.3. The van der Waals surface area contributed by atoms with Crippen LogP contribution < -0.4 is 5.32 Å². The van der Waals surface area contributed by atoms with Gasteiger partial charge in [0.25, 0.3) is 0 Å². The number of rotatable bonds is 7. The molecule has 3 rings (SSSR count). The van der Waals surface area contributed by atoms with E-state index in [1.54, 1.807) is 39.1 Å². The van der Waals surface area contributed by atoms with Gasteiger partial charge in [-0.1, -0.05) is 35.3 Å². The van der Waals surface area contributed by atoms with Gasteiger partial charge in [0.2, 0.25) is 5.82 Å². The number of aryl methyl sites for hydroxylation is 1. The summed E-state index contributed by atoms with van der Waals surface area (Å²) in [6.07, 6.45) is -0.923. The predicted molar refractivity (Wildman–Crippen MR) is 119 cm³/mol. The minimum Gasteiger partial charge on any atom is -0.466 e. The SMILES string of the molecule is CCOC(=O)C1=C(C(OC)c2nnn(C)n2)NC(C)=C(C(=O)OC)C1c1cccc(Cl)c1Cl. The van der Waals surface area contributed by atoms with Crippen LogP contribution in [-0.2, 0) is 30.8 Å². The van der Waals surface area contributed by atoms with Crippen molar-refractivity contribution in [1.82, 2.24) is 25.5 Å². The van der Waals surface area contributed by atoms with Gasteiger partial charge in [0.15, 0.2) is 6.10 Å². The third kappa shape index (κ3) is 4.73. The molecular formula is C21H23Cl2N5O5. The first kappa shape index (κ1) is 24.7. The summed E-state index contributed by atoms with van der Waals surface area (Å²) in [5.41, 5.74) is 1.40. The Morgan fingerprint density at radius 3 is 2.52 bits per heavy atom. The number of nitrogens with one attached hydrogen (secondary N) is 1. The number of aromatic nitrogens is 4. The van der Waals surface area contributed by atoms with E-state index in [0.717, 1.165) is 0 Å². The largest absolute Gasteiger partial charge is 0.466 e. The van der Waals surface area contributed by atoms with Gasteiger partial charge in [-0.15, -0.1) is 10.2 Å². The van der Waals surface area contributed by atoms with Gasteiger partial charge in [0.1, 0.15) is 0 Å². The van der Waals surface area contributed by atoms with Gasteiger partial charge >= 0.3 is 11.9 Å². The molecule has 1 N–H and O–H groups in total. The van der Waals surface area contributed by atoms with Crippen molar-refractivity contribution < 1.29 is 23.8 Å². The fourth-order valence-electron chi connectivity index (χ4n) is 3.69. The Morgan fingerprint density at radius 1 is 1.21 bits per heavy atom. The Hall–Kier alpha value is -2.95. The molecule has 1 aromatic carbocycles. The molecule has 0 aliphatic carbocycles. The highest BCUT2D eigenvalue weighted by Gasteiger charge is 2.42. The molecule has 2 aromatic rings. The second-order valence-corrected chi connectivity index (χ2v) is 7.82. The second kappa shape index (κ2) is 10.3. The molecule has 2 atom stereocenters. The number of dihydropyridines is 1. The maximum Gasteiger partial charge on any atom is 0.336 e. The first-order valence-corrected chi connectivity index (χ1v) is 10.7. The normalized spacial score (nSPS) is 17.0. The zero-order valence-corrected chi connectivity index (χ0v) is 20.2. The van der Waals surface area contributed by atoms with Crippen molar-refractivity contribution >= 4 is 35.1 Å². The van der Waals surface area contributed by atoms with E-state index in [1.807, 2.05) is 0 Å². The lowest BCUT2D eigenvalue weighted by atomic mass is 9.79. The highest BCUT2D eigenvalue weighted by molar-refractivity contribution is 6.42. The highest BCUT2D eigenvalue weighted by atomic mass is 35.5. The van der Waals surface area contributed by atoms with Crippen LogP contribution >= 0.6 is 23.2 Å². The van der Waals surface area contributed by atoms with Crippen molar-refractivity contribution in [3.63, 3.8) is 0 Å². The van der Waals surface area contributed by atoms with Gasteiger partial charge < -0.3 is 19.5 Å². The van der Waals surface area contributed by atoms with Crippen LogP contribution in [0.4, 0.5) is 0 Å². The van der Waals surface area contributed by atoms with Crippen molar-refractivity contribution in [2.75, 3.05) is 20.8 Å². The number of benzene rings is 1. The van der Waals surface area contributed by atoms with Crippen molar-refractivity contribution in [2.24, 2.45) is 7.05 Å². The van der Waals surface area contributed by atoms with E-state index in [9.17, 15) is 9.59 Å². The Bertz CT molecular complexity index is 1140. The fourth-order valence-corrected chi connectivity index (χ4v) is 4.10. The number of carbonyl (C=O) groups is 2. The minimum absolute atomic E-state index is 0.0892. The molecule has 10 nitrogen and oxygen atoms in total. The summed E-state index contributed by atoms with van der Waals surface area (Å²) in [6.45, 7) is 3.45. The number of halogens is 2. The molecule has 0 spiro atoms. The topological polar surface area (TPSA) is 117 Å². The lowest BCUT2D eigenvalue weighted by Crippen LogP contribution is -2.36. The fraction of sp³-hybridized carbons (Fsp3) is 0.381. The number of hydrogen-bond acceptors (Lipinski definition) is 9. The summed E-state index contributed by atoms with van der Waals surface area (Å²) in [6, 6.07) is 4.97. The number of esters is 2. The minimum atomic E-state index is -0.965. The number of nitrogens with zero attached hydrogens (tertiary/aromatic N) is 4. The van der Waals surface area contributed by atoms with Gasteiger partial charge in [0.05, 0.1) is 53.6 Å². The predicted octanol–water partition coefficient (Wildman–Crippen LogP) is 2.86. The number of ether oxygens (including phenoxy) is 3. The molecule has 33 heavy (non-hydrogen) atoms. The number of allylic oxidation sites excluding steroid dienone is 1. The van der Waals surface area contributed by atoms with Crippen LogP contribution in [0.1, 0.15) is 37.3 Å². The van der Waals surface area contributed by atoms with Crippen LogP contribution in [0, 0.1) is 0 Å². The van der Waals surface area contributed by atoms with E-state index in [1.165, 1.54) is 19.0 Å². The highest BCUT2D eigenvalue weighted by Crippen LogP contribution is 2.45. The van der Waals surface area contributed by atoms with Gasteiger partial charge in [-0.2, -0.15) is 4.80 Å². The molecule has 0 saturated heterocycles. The average molecular weight is 496 g/mol. The molecule has 1 aliphatic heterocycles. The molecule has 0 saturated carbocycles. The lowest BCUT2D eigenvalue weighted by Gasteiger charge is -2.33. The summed E-state index contributed by atoms with van der Waals surface area (Å²) in [5, 5.41) is 15.6. The molecule has 0 radical (unpaired) electrons. The van der Waals surface area contributed by atoms with E-state index < -0.39 is 24.0 Å². The number of methoxy groups -OCH3 is 2. The summed E-state index contributed by atoms with van der Waals surface area (Å²) >= 11 is 12.8. The summed E-state index contributed by atoms with van der Waals surface area (Å²) < 4.78 is 16.0. The van der Waals surface area contributed by atoms with E-state index >= 15 is 0 Å². The quantitative estimate of drug-likeness (QED) is 0.578. The molecule has 1 aromatic heterocycles. The summed E-state index contributed by atoms with van der Waals surface area (Å²) in [7, 11) is 4.30. The number of hydrogen-bond donors (Lipinski definition) is 1. The number of tetrazole rings is 1. The van der Waals surface area contributed by atoms with Crippen LogP contribution in [0.3, 0.4) is 0 Å². The molecule has 0 fully saturated rings. The molecule has 12 heteroatoms. The molecule has 176 valence electrons. The smallest absolute Gasteiger partial charge is 0.336 e. The Labute approximate surface area is 200 Å². The zero-order chi connectivity index (χ0) is 24.3. The third-order valence-electron chi connectivity index (χ3n) is 5.04. The van der Waals surface area contributed by atoms with Crippen molar-refractivity contribution in [2.45, 2.75) is 25.9 Å². The molecular weight excluding hydrogens is 473 g/mol. The number of carbonyl (C=O) groups excluding carboxylic acids is 2.